The molecule has 5 nitrogen and oxygen atoms in total. The lowest BCUT2D eigenvalue weighted by Crippen LogP contribution is -2.35. The second kappa shape index (κ2) is 7.24. The Kier molecular flexibility index (Phi) is 5.61. The lowest BCUT2D eigenvalue weighted by molar-refractivity contribution is 0.198. The smallest absolute Gasteiger partial charge is 0.240 e. The van der Waals surface area contributed by atoms with Crippen molar-refractivity contribution in [2.45, 2.75) is 24.7 Å². The van der Waals surface area contributed by atoms with Crippen LogP contribution >= 0.6 is 0 Å². The summed E-state index contributed by atoms with van der Waals surface area (Å²) in [6, 6.07) is 6.92. The molecule has 1 saturated heterocycles. The summed E-state index contributed by atoms with van der Waals surface area (Å²) in [5, 5.41) is 3.41. The fourth-order valence-corrected chi connectivity index (χ4v) is 3.37. The van der Waals surface area contributed by atoms with E-state index in [4.69, 9.17) is 0 Å². The zero-order chi connectivity index (χ0) is 15.3. The Morgan fingerprint density at radius 1 is 1.19 bits per heavy atom. The largest absolute Gasteiger partial charge is 0.385 e. The van der Waals surface area contributed by atoms with Crippen LogP contribution in [-0.2, 0) is 10.0 Å². The Morgan fingerprint density at radius 3 is 2.33 bits per heavy atom. The van der Waals surface area contributed by atoms with Gasteiger partial charge in [-0.15, -0.1) is 0 Å². The predicted molar refractivity (Wildman–Crippen MR) is 86.0 cm³/mol. The molecule has 0 atom stereocenters. The number of hydrogen-bond acceptors (Lipinski definition) is 4. The second-order valence-electron chi connectivity index (χ2n) is 5.49. The van der Waals surface area contributed by atoms with Gasteiger partial charge in [0.1, 0.15) is 0 Å². The monoisotopic (exact) mass is 311 g/mol. The summed E-state index contributed by atoms with van der Waals surface area (Å²) >= 11 is 0. The molecule has 118 valence electrons. The van der Waals surface area contributed by atoms with Crippen LogP contribution in [0.4, 0.5) is 5.69 Å². The topological polar surface area (TPSA) is 61.4 Å². The number of anilines is 1. The Bertz CT molecular complexity index is 535. The molecule has 0 aromatic heterocycles. The van der Waals surface area contributed by atoms with Crippen LogP contribution in [0, 0.1) is 5.92 Å². The van der Waals surface area contributed by atoms with Gasteiger partial charge in [-0.25, -0.2) is 13.1 Å². The average Bonchev–Trinajstić information content (AvgIpc) is 2.54. The van der Waals surface area contributed by atoms with Crippen molar-refractivity contribution in [2.75, 3.05) is 38.5 Å². The van der Waals surface area contributed by atoms with Crippen molar-refractivity contribution in [1.29, 1.82) is 0 Å². The van der Waals surface area contributed by atoms with Gasteiger partial charge in [0, 0.05) is 12.2 Å². The van der Waals surface area contributed by atoms with Crippen molar-refractivity contribution < 1.29 is 8.42 Å². The van der Waals surface area contributed by atoms with E-state index in [9.17, 15) is 8.42 Å². The number of nitrogens with one attached hydrogen (secondary N) is 2. The van der Waals surface area contributed by atoms with E-state index in [1.807, 2.05) is 12.1 Å². The molecule has 0 radical (unpaired) electrons. The Balaban J connectivity index is 1.84. The molecule has 0 aliphatic carbocycles. The van der Waals surface area contributed by atoms with Crippen molar-refractivity contribution in [3.05, 3.63) is 24.3 Å². The first-order valence-corrected chi connectivity index (χ1v) is 9.03. The second-order valence-corrected chi connectivity index (χ2v) is 7.38. The summed E-state index contributed by atoms with van der Waals surface area (Å²) in [6.45, 7) is 6.67. The maximum atomic E-state index is 11.6. The van der Waals surface area contributed by atoms with E-state index in [1.165, 1.54) is 33.0 Å². The van der Waals surface area contributed by atoms with E-state index in [-0.39, 0.29) is 0 Å². The highest BCUT2D eigenvalue weighted by molar-refractivity contribution is 7.89. The number of piperidine rings is 1. The highest BCUT2D eigenvalue weighted by Crippen LogP contribution is 2.19. The standard InChI is InChI=1S/C15H25N3O2S/c1-3-18-10-8-13(9-11-18)12-17-14-4-6-15(7-5-14)21(19,20)16-2/h4-7,13,16-17H,3,8-12H2,1-2H3. The van der Waals surface area contributed by atoms with Crippen molar-refractivity contribution in [3.63, 3.8) is 0 Å². The number of rotatable bonds is 6. The molecule has 2 N–H and O–H groups in total. The minimum Gasteiger partial charge on any atom is -0.385 e. The van der Waals surface area contributed by atoms with Crippen LogP contribution in [0.2, 0.25) is 0 Å². The van der Waals surface area contributed by atoms with Gasteiger partial charge in [0.25, 0.3) is 0 Å². The highest BCUT2D eigenvalue weighted by atomic mass is 32.2. The molecule has 1 heterocycles. The maximum absolute atomic E-state index is 11.6. The van der Waals surface area contributed by atoms with Crippen molar-refractivity contribution >= 4 is 15.7 Å². The van der Waals surface area contributed by atoms with Crippen LogP contribution < -0.4 is 10.0 Å². The van der Waals surface area contributed by atoms with Gasteiger partial charge in [-0.2, -0.15) is 0 Å². The van der Waals surface area contributed by atoms with Crippen LogP contribution in [0.25, 0.3) is 0 Å². The fraction of sp³-hybridized carbons (Fsp3) is 0.600. The molecule has 1 aromatic carbocycles. The summed E-state index contributed by atoms with van der Waals surface area (Å²) in [4.78, 5) is 2.78. The summed E-state index contributed by atoms with van der Waals surface area (Å²) in [5.41, 5.74) is 0.975. The number of hydrogen-bond donors (Lipinski definition) is 2. The predicted octanol–water partition coefficient (Wildman–Crippen LogP) is 1.74. The molecular formula is C15H25N3O2S. The minimum atomic E-state index is -3.34. The zero-order valence-electron chi connectivity index (χ0n) is 12.8. The summed E-state index contributed by atoms with van der Waals surface area (Å²) in [7, 11) is -1.92. The Morgan fingerprint density at radius 2 is 1.81 bits per heavy atom. The lowest BCUT2D eigenvalue weighted by atomic mass is 9.97. The van der Waals surface area contributed by atoms with Gasteiger partial charge < -0.3 is 10.2 Å². The Hall–Kier alpha value is -1.11. The van der Waals surface area contributed by atoms with Crippen LogP contribution in [0.3, 0.4) is 0 Å². The molecular weight excluding hydrogens is 286 g/mol. The molecule has 0 spiro atoms. The lowest BCUT2D eigenvalue weighted by Gasteiger charge is -2.31. The molecule has 6 heteroatoms. The van der Waals surface area contributed by atoms with Crippen LogP contribution in [0.1, 0.15) is 19.8 Å². The van der Waals surface area contributed by atoms with Gasteiger partial charge in [-0.1, -0.05) is 6.92 Å². The number of benzene rings is 1. The third kappa shape index (κ3) is 4.43. The molecule has 0 bridgehead atoms. The van der Waals surface area contributed by atoms with Gasteiger partial charge in [0.2, 0.25) is 10.0 Å². The number of sulfonamides is 1. The molecule has 0 amide bonds. The first kappa shape index (κ1) is 16.3. The fourth-order valence-electron chi connectivity index (χ4n) is 2.64. The molecule has 0 saturated carbocycles. The third-order valence-electron chi connectivity index (χ3n) is 4.18. The van der Waals surface area contributed by atoms with E-state index < -0.39 is 10.0 Å². The van der Waals surface area contributed by atoms with Gasteiger partial charge in [-0.05, 0) is 69.7 Å². The zero-order valence-corrected chi connectivity index (χ0v) is 13.6. The van der Waals surface area contributed by atoms with Gasteiger partial charge in [0.15, 0.2) is 0 Å². The average molecular weight is 311 g/mol. The molecule has 0 unspecified atom stereocenters. The summed E-state index contributed by atoms with van der Waals surface area (Å²) in [6.07, 6.45) is 2.46. The van der Waals surface area contributed by atoms with E-state index in [2.05, 4.69) is 21.9 Å². The van der Waals surface area contributed by atoms with E-state index in [0.717, 1.165) is 18.8 Å². The van der Waals surface area contributed by atoms with Crippen molar-refractivity contribution in [3.8, 4) is 0 Å². The summed E-state index contributed by atoms with van der Waals surface area (Å²) < 4.78 is 25.6. The van der Waals surface area contributed by atoms with Crippen LogP contribution in [0.15, 0.2) is 29.2 Å². The van der Waals surface area contributed by atoms with Gasteiger partial charge in [0.05, 0.1) is 4.90 Å². The normalized spacial score (nSPS) is 17.8. The van der Waals surface area contributed by atoms with E-state index in [0.29, 0.717) is 10.8 Å². The molecule has 1 aliphatic rings. The first-order chi connectivity index (χ1) is 10.0. The van der Waals surface area contributed by atoms with Crippen LogP contribution in [0.5, 0.6) is 0 Å². The quantitative estimate of drug-likeness (QED) is 0.840. The molecule has 2 rings (SSSR count). The SMILES string of the molecule is CCN1CCC(CNc2ccc(S(=O)(=O)NC)cc2)CC1. The summed E-state index contributed by atoms with van der Waals surface area (Å²) in [5.74, 6) is 0.702. The van der Waals surface area contributed by atoms with E-state index >= 15 is 0 Å². The Labute approximate surface area is 127 Å². The number of likely N-dealkylation sites (tertiary alicyclic amines) is 1. The highest BCUT2D eigenvalue weighted by Gasteiger charge is 2.17. The molecule has 1 aliphatic heterocycles. The maximum Gasteiger partial charge on any atom is 0.240 e. The molecule has 1 aromatic rings. The first-order valence-electron chi connectivity index (χ1n) is 7.55. The van der Waals surface area contributed by atoms with Crippen molar-refractivity contribution in [2.24, 2.45) is 5.92 Å². The number of nitrogens with zero attached hydrogens (tertiary/aromatic N) is 1. The molecule has 1 fully saturated rings. The molecule has 21 heavy (non-hydrogen) atoms. The third-order valence-corrected chi connectivity index (χ3v) is 5.61. The van der Waals surface area contributed by atoms with Gasteiger partial charge >= 0.3 is 0 Å². The minimum absolute atomic E-state index is 0.298. The van der Waals surface area contributed by atoms with Crippen LogP contribution in [-0.4, -0.2) is 46.5 Å². The van der Waals surface area contributed by atoms with Gasteiger partial charge in [-0.3, -0.25) is 0 Å². The van der Waals surface area contributed by atoms with E-state index in [1.54, 1.807) is 12.1 Å². The van der Waals surface area contributed by atoms with Crippen molar-refractivity contribution in [1.82, 2.24) is 9.62 Å².